The fraction of sp³-hybridized carbons (Fsp3) is 1.00. The van der Waals surface area contributed by atoms with Crippen LogP contribution in [-0.4, -0.2) is 26.2 Å². The summed E-state index contributed by atoms with van der Waals surface area (Å²) in [6.45, 7) is 7.13. The highest BCUT2D eigenvalue weighted by atomic mass is 14.9. The molecule has 0 aromatic heterocycles. The second-order valence-electron chi connectivity index (χ2n) is 5.17. The van der Waals surface area contributed by atoms with Crippen LogP contribution in [0.4, 0.5) is 0 Å². The smallest absolute Gasteiger partial charge is 0.00768 e. The maximum Gasteiger partial charge on any atom is 0.00768 e. The molecule has 0 bridgehead atoms. The molecule has 14 heavy (non-hydrogen) atoms. The van der Waals surface area contributed by atoms with Gasteiger partial charge < -0.3 is 10.6 Å². The maximum atomic E-state index is 3.54. The Morgan fingerprint density at radius 3 is 2.43 bits per heavy atom. The summed E-state index contributed by atoms with van der Waals surface area (Å²) in [5.41, 5.74) is 0. The third kappa shape index (κ3) is 3.97. The highest BCUT2D eigenvalue weighted by Crippen LogP contribution is 2.35. The van der Waals surface area contributed by atoms with E-state index in [4.69, 9.17) is 0 Å². The molecular weight excluding hydrogens is 172 g/mol. The van der Waals surface area contributed by atoms with Crippen LogP contribution in [0.5, 0.6) is 0 Å². The molecule has 2 aliphatic carbocycles. The average Bonchev–Trinajstić information content (AvgIpc) is 3.04. The van der Waals surface area contributed by atoms with E-state index >= 15 is 0 Å². The van der Waals surface area contributed by atoms with Gasteiger partial charge in [0.05, 0.1) is 0 Å². The molecule has 2 nitrogen and oxygen atoms in total. The van der Waals surface area contributed by atoms with Crippen molar-refractivity contribution in [3.8, 4) is 0 Å². The second kappa shape index (κ2) is 5.13. The molecule has 0 aliphatic heterocycles. The van der Waals surface area contributed by atoms with Gasteiger partial charge in [-0.05, 0) is 56.5 Å². The third-order valence-electron chi connectivity index (χ3n) is 3.50. The minimum Gasteiger partial charge on any atom is -0.315 e. The van der Waals surface area contributed by atoms with Gasteiger partial charge in [0, 0.05) is 13.1 Å². The zero-order chi connectivity index (χ0) is 9.80. The first kappa shape index (κ1) is 10.4. The molecule has 0 saturated heterocycles. The van der Waals surface area contributed by atoms with Gasteiger partial charge in [0.2, 0.25) is 0 Å². The quantitative estimate of drug-likeness (QED) is 0.577. The topological polar surface area (TPSA) is 24.1 Å². The van der Waals surface area contributed by atoms with Crippen LogP contribution in [0.15, 0.2) is 0 Å². The van der Waals surface area contributed by atoms with E-state index in [9.17, 15) is 0 Å². The van der Waals surface area contributed by atoms with Gasteiger partial charge in [-0.3, -0.25) is 0 Å². The predicted octanol–water partition coefficient (Wildman–Crippen LogP) is 1.62. The maximum absolute atomic E-state index is 3.54. The van der Waals surface area contributed by atoms with Crippen molar-refractivity contribution in [2.75, 3.05) is 26.2 Å². The fourth-order valence-corrected chi connectivity index (χ4v) is 1.97. The van der Waals surface area contributed by atoms with Crippen molar-refractivity contribution in [1.29, 1.82) is 0 Å². The first-order valence-electron chi connectivity index (χ1n) is 6.27. The molecule has 82 valence electrons. The predicted molar refractivity (Wildman–Crippen MR) is 60.4 cm³/mol. The fourth-order valence-electron chi connectivity index (χ4n) is 1.97. The minimum atomic E-state index is 0.901. The Labute approximate surface area is 87.8 Å². The summed E-state index contributed by atoms with van der Waals surface area (Å²) in [7, 11) is 0. The molecule has 2 fully saturated rings. The lowest BCUT2D eigenvalue weighted by Gasteiger charge is -2.11. The molecule has 0 aromatic carbocycles. The van der Waals surface area contributed by atoms with Crippen molar-refractivity contribution < 1.29 is 0 Å². The number of hydrogen-bond donors (Lipinski definition) is 2. The summed E-state index contributed by atoms with van der Waals surface area (Å²) >= 11 is 0. The molecule has 1 atom stereocenters. The summed E-state index contributed by atoms with van der Waals surface area (Å²) < 4.78 is 0. The Morgan fingerprint density at radius 2 is 1.79 bits per heavy atom. The molecular formula is C12H24N2. The number of rotatable bonds is 8. The van der Waals surface area contributed by atoms with E-state index in [0.717, 1.165) is 30.8 Å². The largest absolute Gasteiger partial charge is 0.315 e. The highest BCUT2D eigenvalue weighted by Gasteiger charge is 2.27. The van der Waals surface area contributed by atoms with E-state index in [1.807, 2.05) is 0 Å². The lowest BCUT2D eigenvalue weighted by molar-refractivity contribution is 0.457. The van der Waals surface area contributed by atoms with Gasteiger partial charge >= 0.3 is 0 Å². The van der Waals surface area contributed by atoms with Crippen LogP contribution in [0.1, 0.15) is 32.6 Å². The van der Waals surface area contributed by atoms with Gasteiger partial charge in [0.1, 0.15) is 0 Å². The van der Waals surface area contributed by atoms with E-state index in [0.29, 0.717) is 0 Å². The van der Waals surface area contributed by atoms with Crippen molar-refractivity contribution in [3.63, 3.8) is 0 Å². The number of hydrogen-bond acceptors (Lipinski definition) is 2. The molecule has 0 aromatic rings. The van der Waals surface area contributed by atoms with E-state index in [1.165, 1.54) is 38.8 Å². The second-order valence-corrected chi connectivity index (χ2v) is 5.17. The van der Waals surface area contributed by atoms with Crippen LogP contribution < -0.4 is 10.6 Å². The zero-order valence-electron chi connectivity index (χ0n) is 9.39. The highest BCUT2D eigenvalue weighted by molar-refractivity contribution is 4.80. The summed E-state index contributed by atoms with van der Waals surface area (Å²) in [5.74, 6) is 2.96. The van der Waals surface area contributed by atoms with Crippen LogP contribution >= 0.6 is 0 Å². The Balaban J connectivity index is 1.35. The average molecular weight is 196 g/mol. The SMILES string of the molecule is CC(CNCCNCC1CC1)C1CC1. The molecule has 2 heteroatoms. The van der Waals surface area contributed by atoms with Crippen molar-refractivity contribution in [1.82, 2.24) is 10.6 Å². The van der Waals surface area contributed by atoms with Crippen LogP contribution in [0.2, 0.25) is 0 Å². The van der Waals surface area contributed by atoms with Crippen molar-refractivity contribution in [2.24, 2.45) is 17.8 Å². The first-order valence-corrected chi connectivity index (χ1v) is 6.27. The van der Waals surface area contributed by atoms with Crippen LogP contribution in [-0.2, 0) is 0 Å². The van der Waals surface area contributed by atoms with E-state index in [2.05, 4.69) is 17.6 Å². The molecule has 2 saturated carbocycles. The van der Waals surface area contributed by atoms with Crippen molar-refractivity contribution in [3.05, 3.63) is 0 Å². The van der Waals surface area contributed by atoms with Gasteiger partial charge in [0.25, 0.3) is 0 Å². The van der Waals surface area contributed by atoms with Gasteiger partial charge in [-0.25, -0.2) is 0 Å². The van der Waals surface area contributed by atoms with E-state index in [-0.39, 0.29) is 0 Å². The molecule has 0 heterocycles. The Bertz CT molecular complexity index is 162. The third-order valence-corrected chi connectivity index (χ3v) is 3.50. The summed E-state index contributed by atoms with van der Waals surface area (Å²) in [4.78, 5) is 0. The standard InChI is InChI=1S/C12H24N2/c1-10(12-4-5-12)8-13-6-7-14-9-11-2-3-11/h10-14H,2-9H2,1H3. The minimum absolute atomic E-state index is 0.901. The summed E-state index contributed by atoms with van der Waals surface area (Å²) in [6, 6.07) is 0. The van der Waals surface area contributed by atoms with Crippen molar-refractivity contribution in [2.45, 2.75) is 32.6 Å². The first-order chi connectivity index (χ1) is 6.86. The molecule has 2 N–H and O–H groups in total. The molecule has 0 radical (unpaired) electrons. The molecule has 0 amide bonds. The molecule has 1 unspecified atom stereocenters. The van der Waals surface area contributed by atoms with Crippen LogP contribution in [0.3, 0.4) is 0 Å². The Morgan fingerprint density at radius 1 is 1.07 bits per heavy atom. The van der Waals surface area contributed by atoms with Crippen LogP contribution in [0.25, 0.3) is 0 Å². The molecule has 0 spiro atoms. The normalized spacial score (nSPS) is 23.8. The lowest BCUT2D eigenvalue weighted by atomic mass is 10.1. The molecule has 2 rings (SSSR count). The van der Waals surface area contributed by atoms with Gasteiger partial charge in [-0.2, -0.15) is 0 Å². The zero-order valence-corrected chi connectivity index (χ0v) is 9.39. The molecule has 2 aliphatic rings. The Kier molecular flexibility index (Phi) is 3.82. The number of nitrogens with one attached hydrogen (secondary N) is 2. The van der Waals surface area contributed by atoms with Gasteiger partial charge in [0.15, 0.2) is 0 Å². The van der Waals surface area contributed by atoms with Crippen LogP contribution in [0, 0.1) is 17.8 Å². The van der Waals surface area contributed by atoms with E-state index < -0.39 is 0 Å². The summed E-state index contributed by atoms with van der Waals surface area (Å²) in [5, 5.41) is 7.04. The van der Waals surface area contributed by atoms with Gasteiger partial charge in [-0.1, -0.05) is 6.92 Å². The lowest BCUT2D eigenvalue weighted by Crippen LogP contribution is -2.31. The Hall–Kier alpha value is -0.0800. The van der Waals surface area contributed by atoms with Gasteiger partial charge in [-0.15, -0.1) is 0 Å². The summed E-state index contributed by atoms with van der Waals surface area (Å²) in [6.07, 6.45) is 5.86. The monoisotopic (exact) mass is 196 g/mol. The van der Waals surface area contributed by atoms with E-state index in [1.54, 1.807) is 0 Å². The van der Waals surface area contributed by atoms with Crippen molar-refractivity contribution >= 4 is 0 Å².